The van der Waals surface area contributed by atoms with Crippen molar-refractivity contribution in [1.29, 1.82) is 0 Å². The summed E-state index contributed by atoms with van der Waals surface area (Å²) in [6.07, 6.45) is 6.01. The van der Waals surface area contributed by atoms with Crippen LogP contribution in [0.2, 0.25) is 0 Å². The van der Waals surface area contributed by atoms with Gasteiger partial charge < -0.3 is 4.57 Å². The van der Waals surface area contributed by atoms with Gasteiger partial charge in [0.1, 0.15) is 5.82 Å². The molecule has 1 nitrogen and oxygen atoms in total. The van der Waals surface area contributed by atoms with Gasteiger partial charge in [-0.15, -0.1) is 0 Å². The highest BCUT2D eigenvalue weighted by Gasteiger charge is 2.39. The summed E-state index contributed by atoms with van der Waals surface area (Å²) in [6.45, 7) is 0. The molecule has 0 radical (unpaired) electrons. The first kappa shape index (κ1) is 12.5. The highest BCUT2D eigenvalue weighted by atomic mass is 19.1. The van der Waals surface area contributed by atoms with Gasteiger partial charge in [0.25, 0.3) is 0 Å². The molecule has 2 aliphatic rings. The van der Waals surface area contributed by atoms with E-state index in [9.17, 15) is 4.39 Å². The highest BCUT2D eigenvalue weighted by Crippen LogP contribution is 2.56. The normalized spacial score (nSPS) is 22.5. The molecule has 2 bridgehead atoms. The molecule has 1 heterocycles. The van der Waals surface area contributed by atoms with Gasteiger partial charge in [0.2, 0.25) is 0 Å². The molecule has 0 N–H and O–H groups in total. The van der Waals surface area contributed by atoms with Gasteiger partial charge in [-0.3, -0.25) is 0 Å². The fourth-order valence-corrected chi connectivity index (χ4v) is 4.73. The molecule has 0 saturated heterocycles. The van der Waals surface area contributed by atoms with Gasteiger partial charge in [-0.2, -0.15) is 0 Å². The van der Waals surface area contributed by atoms with E-state index in [1.807, 2.05) is 12.1 Å². The number of aromatic nitrogens is 1. The number of aryl methyl sites for hydroxylation is 1. The summed E-state index contributed by atoms with van der Waals surface area (Å²) in [7, 11) is 2.11. The maximum Gasteiger partial charge on any atom is 0.131 e. The number of fused-ring (bicyclic) bond motifs is 7. The van der Waals surface area contributed by atoms with E-state index in [2.05, 4.69) is 29.9 Å². The smallest absolute Gasteiger partial charge is 0.131 e. The first-order chi connectivity index (χ1) is 10.7. The number of halogens is 1. The molecule has 1 aromatic heterocycles. The maximum atomic E-state index is 14.3. The van der Waals surface area contributed by atoms with Crippen LogP contribution in [0.15, 0.2) is 42.6 Å². The Kier molecular flexibility index (Phi) is 2.39. The molecular formula is C20H18FN. The molecule has 0 amide bonds. The van der Waals surface area contributed by atoms with Crippen molar-refractivity contribution < 1.29 is 4.39 Å². The molecule has 22 heavy (non-hydrogen) atoms. The van der Waals surface area contributed by atoms with Crippen LogP contribution in [-0.4, -0.2) is 4.57 Å². The Bertz CT molecular complexity index is 905. The van der Waals surface area contributed by atoms with E-state index in [4.69, 9.17) is 0 Å². The zero-order valence-electron chi connectivity index (χ0n) is 12.6. The van der Waals surface area contributed by atoms with Crippen molar-refractivity contribution in [3.05, 3.63) is 59.5 Å². The standard InChI is InChI=1S/C20H18FN/c1-22-9-8-15-17(14-4-2-3-5-18(14)21)11-16-12-6-7-13(10-12)19(16)20(15)22/h2-5,8-9,11-13H,6-7,10H2,1H3. The van der Waals surface area contributed by atoms with Crippen LogP contribution in [0.1, 0.15) is 42.2 Å². The van der Waals surface area contributed by atoms with Crippen molar-refractivity contribution in [3.8, 4) is 11.1 Å². The molecular weight excluding hydrogens is 273 g/mol. The van der Waals surface area contributed by atoms with E-state index in [-0.39, 0.29) is 5.82 Å². The number of rotatable bonds is 1. The molecule has 2 heteroatoms. The molecule has 110 valence electrons. The van der Waals surface area contributed by atoms with Crippen LogP contribution in [0, 0.1) is 5.82 Å². The van der Waals surface area contributed by atoms with Gasteiger partial charge in [0.05, 0.1) is 5.52 Å². The van der Waals surface area contributed by atoms with Crippen LogP contribution in [0.3, 0.4) is 0 Å². The van der Waals surface area contributed by atoms with E-state index in [1.165, 1.54) is 35.7 Å². The average Bonchev–Trinajstić information content (AvgIpc) is 3.22. The van der Waals surface area contributed by atoms with Crippen LogP contribution in [0.25, 0.3) is 22.0 Å². The molecule has 1 saturated carbocycles. The van der Waals surface area contributed by atoms with E-state index in [0.717, 1.165) is 11.1 Å². The lowest BCUT2D eigenvalue weighted by Crippen LogP contribution is -2.02. The molecule has 2 unspecified atom stereocenters. The van der Waals surface area contributed by atoms with Crippen LogP contribution in [0.4, 0.5) is 4.39 Å². The van der Waals surface area contributed by atoms with Crippen LogP contribution in [0.5, 0.6) is 0 Å². The van der Waals surface area contributed by atoms with E-state index in [0.29, 0.717) is 11.8 Å². The molecule has 3 aromatic rings. The van der Waals surface area contributed by atoms with Crippen LogP contribution >= 0.6 is 0 Å². The minimum atomic E-state index is -0.129. The first-order valence-electron chi connectivity index (χ1n) is 8.11. The summed E-state index contributed by atoms with van der Waals surface area (Å²) in [6, 6.07) is 11.6. The quantitative estimate of drug-likeness (QED) is 0.569. The maximum absolute atomic E-state index is 14.3. The van der Waals surface area contributed by atoms with Gasteiger partial charge in [-0.25, -0.2) is 4.39 Å². The van der Waals surface area contributed by atoms with Crippen LogP contribution < -0.4 is 0 Å². The summed E-state index contributed by atoms with van der Waals surface area (Å²) >= 11 is 0. The third-order valence-electron chi connectivity index (χ3n) is 5.67. The third kappa shape index (κ3) is 1.48. The molecule has 0 spiro atoms. The van der Waals surface area contributed by atoms with E-state index in [1.54, 1.807) is 17.7 Å². The summed E-state index contributed by atoms with van der Waals surface area (Å²) in [5.74, 6) is 1.27. The van der Waals surface area contributed by atoms with Crippen molar-refractivity contribution >= 4 is 10.9 Å². The fraction of sp³-hybridized carbons (Fsp3) is 0.300. The number of hydrogen-bond acceptors (Lipinski definition) is 0. The number of hydrogen-bond donors (Lipinski definition) is 0. The Morgan fingerprint density at radius 3 is 2.73 bits per heavy atom. The lowest BCUT2D eigenvalue weighted by molar-refractivity contribution is 0.631. The van der Waals surface area contributed by atoms with Crippen molar-refractivity contribution in [2.45, 2.75) is 31.1 Å². The summed E-state index contributed by atoms with van der Waals surface area (Å²) in [4.78, 5) is 0. The summed E-state index contributed by atoms with van der Waals surface area (Å²) < 4.78 is 16.6. The second-order valence-electron chi connectivity index (χ2n) is 6.80. The minimum Gasteiger partial charge on any atom is -0.350 e. The van der Waals surface area contributed by atoms with Gasteiger partial charge in [0, 0.05) is 24.2 Å². The van der Waals surface area contributed by atoms with Crippen molar-refractivity contribution in [3.63, 3.8) is 0 Å². The summed E-state index contributed by atoms with van der Waals surface area (Å²) in [5.41, 5.74) is 6.12. The predicted octanol–water partition coefficient (Wildman–Crippen LogP) is 5.35. The Balaban J connectivity index is 1.90. The van der Waals surface area contributed by atoms with Crippen LogP contribution in [-0.2, 0) is 7.05 Å². The Morgan fingerprint density at radius 1 is 1.05 bits per heavy atom. The molecule has 0 aliphatic heterocycles. The average molecular weight is 291 g/mol. The molecule has 2 aliphatic carbocycles. The second kappa shape index (κ2) is 4.22. The first-order valence-corrected chi connectivity index (χ1v) is 8.11. The van der Waals surface area contributed by atoms with Gasteiger partial charge in [-0.05, 0) is 66.0 Å². The van der Waals surface area contributed by atoms with Gasteiger partial charge >= 0.3 is 0 Å². The van der Waals surface area contributed by atoms with Gasteiger partial charge in [-0.1, -0.05) is 18.2 Å². The minimum absolute atomic E-state index is 0.129. The zero-order chi connectivity index (χ0) is 14.8. The van der Waals surface area contributed by atoms with Crippen molar-refractivity contribution in [2.75, 3.05) is 0 Å². The van der Waals surface area contributed by atoms with E-state index >= 15 is 0 Å². The van der Waals surface area contributed by atoms with Gasteiger partial charge in [0.15, 0.2) is 0 Å². The summed E-state index contributed by atoms with van der Waals surface area (Å²) in [5, 5.41) is 1.19. The lowest BCUT2D eigenvalue weighted by Gasteiger charge is -2.19. The second-order valence-corrected chi connectivity index (χ2v) is 6.80. The Hall–Kier alpha value is -2.09. The van der Waals surface area contributed by atoms with Crippen molar-refractivity contribution in [2.24, 2.45) is 7.05 Å². The van der Waals surface area contributed by atoms with E-state index < -0.39 is 0 Å². The Labute approximate surface area is 129 Å². The Morgan fingerprint density at radius 2 is 1.86 bits per heavy atom. The molecule has 2 atom stereocenters. The monoisotopic (exact) mass is 291 g/mol. The SMILES string of the molecule is Cn1ccc2c(-c3ccccc3F)cc3c(c21)C1CCC3C1. The zero-order valence-corrected chi connectivity index (χ0v) is 12.6. The molecule has 1 fully saturated rings. The molecule has 5 rings (SSSR count). The largest absolute Gasteiger partial charge is 0.350 e. The molecule has 2 aromatic carbocycles. The fourth-order valence-electron chi connectivity index (χ4n) is 4.73. The predicted molar refractivity (Wildman–Crippen MR) is 87.6 cm³/mol. The number of nitrogens with zero attached hydrogens (tertiary/aromatic N) is 1. The van der Waals surface area contributed by atoms with Crippen molar-refractivity contribution in [1.82, 2.24) is 4.57 Å². The lowest BCUT2D eigenvalue weighted by atomic mass is 9.86. The third-order valence-corrected chi connectivity index (χ3v) is 5.67. The number of benzene rings is 2. The highest BCUT2D eigenvalue weighted by molar-refractivity contribution is 5.99. The topological polar surface area (TPSA) is 4.93 Å².